The van der Waals surface area contributed by atoms with Gasteiger partial charge in [0.05, 0.1) is 0 Å². The van der Waals surface area contributed by atoms with Crippen molar-refractivity contribution in [1.82, 2.24) is 9.47 Å². The van der Waals surface area contributed by atoms with Crippen LogP contribution in [0.15, 0.2) is 35.5 Å². The normalized spacial score (nSPS) is 15.3. The molecule has 5 nitrogen and oxygen atoms in total. The minimum atomic E-state index is -2.85. The van der Waals surface area contributed by atoms with Gasteiger partial charge in [0.15, 0.2) is 4.80 Å². The van der Waals surface area contributed by atoms with Gasteiger partial charge in [-0.15, -0.1) is 11.3 Å². The quantitative estimate of drug-likeness (QED) is 0.847. The number of halogens is 2. The second kappa shape index (κ2) is 7.12. The monoisotopic (exact) mass is 353 g/mol. The van der Waals surface area contributed by atoms with Gasteiger partial charge in [-0.1, -0.05) is 0 Å². The lowest BCUT2D eigenvalue weighted by molar-refractivity contribution is -0.0498. The van der Waals surface area contributed by atoms with Crippen LogP contribution in [0.4, 0.5) is 13.6 Å². The number of ether oxygens (including phenoxy) is 1. The van der Waals surface area contributed by atoms with Crippen LogP contribution in [-0.4, -0.2) is 35.2 Å². The van der Waals surface area contributed by atoms with Gasteiger partial charge in [0.1, 0.15) is 5.75 Å². The second-order valence-electron chi connectivity index (χ2n) is 5.46. The standard InChI is InChI=1S/C16H17F2N3O2S/c1-11-10-21(12-4-6-13(7-5-12)23-14(17)18)16(24-11)19-15(22)20-8-2-3-9-20/h4-7,10,14H,2-3,8-9H2,1H3/b19-16-. The molecule has 0 radical (unpaired) electrons. The molecule has 3 rings (SSSR count). The molecule has 1 aliphatic heterocycles. The van der Waals surface area contributed by atoms with Crippen LogP contribution < -0.4 is 9.54 Å². The summed E-state index contributed by atoms with van der Waals surface area (Å²) < 4.78 is 30.6. The Kier molecular flexibility index (Phi) is 4.94. The molecule has 2 amide bonds. The molecule has 8 heteroatoms. The molecule has 1 aromatic heterocycles. The number of benzene rings is 1. The van der Waals surface area contributed by atoms with Crippen molar-refractivity contribution in [3.63, 3.8) is 0 Å². The Morgan fingerprint density at radius 1 is 1.25 bits per heavy atom. The van der Waals surface area contributed by atoms with E-state index in [4.69, 9.17) is 0 Å². The van der Waals surface area contributed by atoms with E-state index in [2.05, 4.69) is 9.73 Å². The molecular formula is C16H17F2N3O2S. The van der Waals surface area contributed by atoms with E-state index in [0.717, 1.165) is 36.5 Å². The number of urea groups is 1. The Hall–Kier alpha value is -2.22. The Bertz CT molecular complexity index is 777. The average molecular weight is 353 g/mol. The molecule has 128 valence electrons. The fraction of sp³-hybridized carbons (Fsp3) is 0.375. The van der Waals surface area contributed by atoms with Gasteiger partial charge in [0, 0.05) is 29.9 Å². The predicted molar refractivity (Wildman–Crippen MR) is 86.8 cm³/mol. The molecule has 1 aromatic carbocycles. The summed E-state index contributed by atoms with van der Waals surface area (Å²) in [4.78, 5) is 19.8. The SMILES string of the molecule is Cc1cn(-c2ccc(OC(F)F)cc2)/c(=N/C(=O)N2CCCC2)s1. The minimum absolute atomic E-state index is 0.0907. The van der Waals surface area contributed by atoms with E-state index >= 15 is 0 Å². The molecular weight excluding hydrogens is 336 g/mol. The maximum absolute atomic E-state index is 12.2. The number of likely N-dealkylation sites (tertiary alicyclic amines) is 1. The zero-order valence-corrected chi connectivity index (χ0v) is 13.9. The first-order valence-corrected chi connectivity index (χ1v) is 8.42. The van der Waals surface area contributed by atoms with Crippen LogP contribution in [-0.2, 0) is 0 Å². The number of nitrogens with zero attached hydrogens (tertiary/aromatic N) is 3. The lowest BCUT2D eigenvalue weighted by Crippen LogP contribution is -2.27. The predicted octanol–water partition coefficient (Wildman–Crippen LogP) is 3.57. The summed E-state index contributed by atoms with van der Waals surface area (Å²) in [6, 6.07) is 6.01. The van der Waals surface area contributed by atoms with Gasteiger partial charge in [0.2, 0.25) is 0 Å². The molecule has 24 heavy (non-hydrogen) atoms. The summed E-state index contributed by atoms with van der Waals surface area (Å²) in [6.45, 7) is 0.559. The van der Waals surface area contributed by atoms with Crippen molar-refractivity contribution in [2.45, 2.75) is 26.4 Å². The van der Waals surface area contributed by atoms with Crippen molar-refractivity contribution < 1.29 is 18.3 Å². The van der Waals surface area contributed by atoms with E-state index < -0.39 is 6.61 Å². The van der Waals surface area contributed by atoms with E-state index in [-0.39, 0.29) is 11.8 Å². The third kappa shape index (κ3) is 3.81. The van der Waals surface area contributed by atoms with Crippen LogP contribution >= 0.6 is 11.3 Å². The Morgan fingerprint density at radius 2 is 1.92 bits per heavy atom. The molecule has 0 unspecified atom stereocenters. The summed E-state index contributed by atoms with van der Waals surface area (Å²) in [5.74, 6) is 0.0907. The zero-order chi connectivity index (χ0) is 17.1. The van der Waals surface area contributed by atoms with Crippen LogP contribution in [0.5, 0.6) is 5.75 Å². The Morgan fingerprint density at radius 3 is 2.54 bits per heavy atom. The van der Waals surface area contributed by atoms with Crippen LogP contribution in [0.2, 0.25) is 0 Å². The van der Waals surface area contributed by atoms with Gasteiger partial charge in [-0.25, -0.2) is 4.79 Å². The van der Waals surface area contributed by atoms with Crippen LogP contribution in [0.25, 0.3) is 5.69 Å². The smallest absolute Gasteiger partial charge is 0.387 e. The van der Waals surface area contributed by atoms with Crippen LogP contribution in [0, 0.1) is 6.92 Å². The molecule has 1 fully saturated rings. The lowest BCUT2D eigenvalue weighted by atomic mass is 10.3. The topological polar surface area (TPSA) is 46.8 Å². The van der Waals surface area contributed by atoms with Gasteiger partial charge < -0.3 is 9.64 Å². The molecule has 0 saturated carbocycles. The second-order valence-corrected chi connectivity index (χ2v) is 6.67. The largest absolute Gasteiger partial charge is 0.435 e. The van der Waals surface area contributed by atoms with Crippen molar-refractivity contribution in [3.05, 3.63) is 40.1 Å². The zero-order valence-electron chi connectivity index (χ0n) is 13.1. The highest BCUT2D eigenvalue weighted by Crippen LogP contribution is 2.18. The number of aryl methyl sites for hydroxylation is 1. The van der Waals surface area contributed by atoms with Crippen molar-refractivity contribution >= 4 is 17.4 Å². The lowest BCUT2D eigenvalue weighted by Gasteiger charge is -2.11. The molecule has 1 saturated heterocycles. The number of thiazole rings is 1. The molecule has 0 bridgehead atoms. The van der Waals surface area contributed by atoms with Crippen LogP contribution in [0.3, 0.4) is 0 Å². The number of aromatic nitrogens is 1. The number of hydrogen-bond donors (Lipinski definition) is 0. The van der Waals surface area contributed by atoms with Crippen molar-refractivity contribution in [2.24, 2.45) is 4.99 Å². The molecule has 0 spiro atoms. The molecule has 2 heterocycles. The highest BCUT2D eigenvalue weighted by Gasteiger charge is 2.17. The fourth-order valence-corrected chi connectivity index (χ4v) is 3.39. The van der Waals surface area contributed by atoms with Crippen LogP contribution in [0.1, 0.15) is 17.7 Å². The summed E-state index contributed by atoms with van der Waals surface area (Å²) in [6.07, 6.45) is 3.89. The molecule has 0 aliphatic carbocycles. The number of alkyl halides is 2. The first-order chi connectivity index (χ1) is 11.5. The molecule has 0 atom stereocenters. The van der Waals surface area contributed by atoms with E-state index in [1.54, 1.807) is 21.6 Å². The Balaban J connectivity index is 1.89. The summed E-state index contributed by atoms with van der Waals surface area (Å²) in [5.41, 5.74) is 0.730. The number of carbonyl (C=O) groups is 1. The first-order valence-electron chi connectivity index (χ1n) is 7.61. The third-order valence-electron chi connectivity index (χ3n) is 3.68. The first kappa shape index (κ1) is 16.6. The molecule has 0 N–H and O–H groups in total. The van der Waals surface area contributed by atoms with Crippen molar-refractivity contribution in [2.75, 3.05) is 13.1 Å². The number of rotatable bonds is 3. The van der Waals surface area contributed by atoms with E-state index in [0.29, 0.717) is 4.80 Å². The fourth-order valence-electron chi connectivity index (χ4n) is 2.57. The van der Waals surface area contributed by atoms with Gasteiger partial charge >= 0.3 is 12.6 Å². The summed E-state index contributed by atoms with van der Waals surface area (Å²) >= 11 is 1.41. The van der Waals surface area contributed by atoms with E-state index in [1.807, 2.05) is 13.1 Å². The number of amides is 2. The highest BCUT2D eigenvalue weighted by atomic mass is 32.1. The maximum Gasteiger partial charge on any atom is 0.387 e. The number of carbonyl (C=O) groups excluding carboxylic acids is 1. The van der Waals surface area contributed by atoms with E-state index in [1.165, 1.54) is 23.5 Å². The highest BCUT2D eigenvalue weighted by molar-refractivity contribution is 7.09. The average Bonchev–Trinajstić information content (AvgIpc) is 3.17. The van der Waals surface area contributed by atoms with Gasteiger partial charge in [0.25, 0.3) is 0 Å². The minimum Gasteiger partial charge on any atom is -0.435 e. The Labute approximate surface area is 141 Å². The maximum atomic E-state index is 12.2. The summed E-state index contributed by atoms with van der Waals surface area (Å²) in [7, 11) is 0. The van der Waals surface area contributed by atoms with Gasteiger partial charge in [-0.05, 0) is 44.0 Å². The van der Waals surface area contributed by atoms with Gasteiger partial charge in [-0.3, -0.25) is 4.57 Å². The summed E-state index contributed by atoms with van der Waals surface area (Å²) in [5, 5.41) is 0. The van der Waals surface area contributed by atoms with E-state index in [9.17, 15) is 13.6 Å². The van der Waals surface area contributed by atoms with Crippen molar-refractivity contribution in [3.8, 4) is 11.4 Å². The van der Waals surface area contributed by atoms with Gasteiger partial charge in [-0.2, -0.15) is 13.8 Å². The molecule has 2 aromatic rings. The molecule has 1 aliphatic rings. The van der Waals surface area contributed by atoms with Crippen molar-refractivity contribution in [1.29, 1.82) is 0 Å². The number of hydrogen-bond acceptors (Lipinski definition) is 3. The third-order valence-corrected chi connectivity index (χ3v) is 4.58.